The van der Waals surface area contributed by atoms with E-state index in [0.717, 1.165) is 19.3 Å². The SMILES string of the molecule is CCC(C)CC(CCCS(C)(=O)=O)NC. The highest BCUT2D eigenvalue weighted by Crippen LogP contribution is 2.13. The zero-order valence-electron chi connectivity index (χ0n) is 10.4. The molecule has 0 aliphatic heterocycles. The van der Waals surface area contributed by atoms with Crippen LogP contribution in [-0.4, -0.2) is 33.5 Å². The van der Waals surface area contributed by atoms with Crippen molar-refractivity contribution in [3.8, 4) is 0 Å². The fourth-order valence-corrected chi connectivity index (χ4v) is 2.32. The molecule has 0 heterocycles. The van der Waals surface area contributed by atoms with Gasteiger partial charge in [0.1, 0.15) is 9.84 Å². The quantitative estimate of drug-likeness (QED) is 0.698. The maximum atomic E-state index is 11.0. The fourth-order valence-electron chi connectivity index (χ4n) is 1.62. The summed E-state index contributed by atoms with van der Waals surface area (Å²) in [6.07, 6.45) is 5.34. The van der Waals surface area contributed by atoms with Gasteiger partial charge in [-0.05, 0) is 32.2 Å². The van der Waals surface area contributed by atoms with Gasteiger partial charge in [-0.3, -0.25) is 0 Å². The molecule has 0 amide bonds. The van der Waals surface area contributed by atoms with E-state index in [4.69, 9.17) is 0 Å². The zero-order valence-corrected chi connectivity index (χ0v) is 11.2. The molecule has 1 N–H and O–H groups in total. The van der Waals surface area contributed by atoms with Gasteiger partial charge in [-0.15, -0.1) is 0 Å². The molecule has 0 aromatic rings. The molecule has 0 rings (SSSR count). The Bertz CT molecular complexity index is 249. The molecule has 0 aromatic heterocycles. The first-order valence-corrected chi connectivity index (χ1v) is 7.80. The summed E-state index contributed by atoms with van der Waals surface area (Å²) in [5.74, 6) is 1.02. The van der Waals surface area contributed by atoms with E-state index in [0.29, 0.717) is 17.7 Å². The van der Waals surface area contributed by atoms with E-state index in [1.807, 2.05) is 7.05 Å². The van der Waals surface area contributed by atoms with Crippen molar-refractivity contribution in [2.45, 2.75) is 45.6 Å². The molecule has 92 valence electrons. The molecular formula is C11H25NO2S. The van der Waals surface area contributed by atoms with E-state index < -0.39 is 9.84 Å². The van der Waals surface area contributed by atoms with Gasteiger partial charge in [-0.25, -0.2) is 8.42 Å². The van der Waals surface area contributed by atoms with Crippen molar-refractivity contribution in [2.24, 2.45) is 5.92 Å². The van der Waals surface area contributed by atoms with E-state index in [9.17, 15) is 8.42 Å². The van der Waals surface area contributed by atoms with Crippen LogP contribution in [0.25, 0.3) is 0 Å². The lowest BCUT2D eigenvalue weighted by atomic mass is 9.97. The number of sulfone groups is 1. The first-order chi connectivity index (χ1) is 6.89. The van der Waals surface area contributed by atoms with Crippen LogP contribution in [0.5, 0.6) is 0 Å². The maximum absolute atomic E-state index is 11.0. The first kappa shape index (κ1) is 14.9. The molecule has 4 heteroatoms. The molecule has 0 aromatic carbocycles. The van der Waals surface area contributed by atoms with Crippen molar-refractivity contribution in [1.29, 1.82) is 0 Å². The van der Waals surface area contributed by atoms with E-state index in [2.05, 4.69) is 19.2 Å². The Kier molecular flexibility index (Phi) is 7.18. The van der Waals surface area contributed by atoms with Crippen molar-refractivity contribution in [1.82, 2.24) is 5.32 Å². The molecule has 0 spiro atoms. The number of hydrogen-bond donors (Lipinski definition) is 1. The Morgan fingerprint density at radius 1 is 1.33 bits per heavy atom. The van der Waals surface area contributed by atoms with Gasteiger partial charge in [0, 0.05) is 18.1 Å². The molecule has 0 radical (unpaired) electrons. The minimum atomic E-state index is -2.79. The van der Waals surface area contributed by atoms with Gasteiger partial charge < -0.3 is 5.32 Å². The number of nitrogens with one attached hydrogen (secondary N) is 1. The van der Waals surface area contributed by atoms with E-state index >= 15 is 0 Å². The minimum absolute atomic E-state index is 0.311. The summed E-state index contributed by atoms with van der Waals surface area (Å²) in [6.45, 7) is 4.43. The fraction of sp³-hybridized carbons (Fsp3) is 1.00. The van der Waals surface area contributed by atoms with Gasteiger partial charge in [0.2, 0.25) is 0 Å². The van der Waals surface area contributed by atoms with E-state index in [1.165, 1.54) is 12.7 Å². The van der Waals surface area contributed by atoms with Crippen LogP contribution in [0, 0.1) is 5.92 Å². The van der Waals surface area contributed by atoms with Crippen LogP contribution in [-0.2, 0) is 9.84 Å². The van der Waals surface area contributed by atoms with Crippen molar-refractivity contribution in [2.75, 3.05) is 19.1 Å². The highest BCUT2D eigenvalue weighted by molar-refractivity contribution is 7.90. The third-order valence-corrected chi connectivity index (χ3v) is 3.89. The average Bonchev–Trinajstić information content (AvgIpc) is 2.14. The second-order valence-corrected chi connectivity index (χ2v) is 6.77. The second-order valence-electron chi connectivity index (χ2n) is 4.51. The predicted molar refractivity (Wildman–Crippen MR) is 65.9 cm³/mol. The molecule has 2 unspecified atom stereocenters. The minimum Gasteiger partial charge on any atom is -0.317 e. The topological polar surface area (TPSA) is 46.2 Å². The first-order valence-electron chi connectivity index (χ1n) is 5.74. The zero-order chi connectivity index (χ0) is 11.9. The van der Waals surface area contributed by atoms with Gasteiger partial charge in [-0.2, -0.15) is 0 Å². The van der Waals surface area contributed by atoms with Crippen LogP contribution < -0.4 is 5.32 Å². The molecule has 15 heavy (non-hydrogen) atoms. The Hall–Kier alpha value is -0.0900. The third kappa shape index (κ3) is 8.88. The normalized spacial score (nSPS) is 16.3. The molecule has 0 saturated carbocycles. The summed E-state index contributed by atoms with van der Waals surface area (Å²) in [5.41, 5.74) is 0. The third-order valence-electron chi connectivity index (χ3n) is 2.86. The molecule has 0 aliphatic carbocycles. The summed E-state index contributed by atoms with van der Waals surface area (Å²) >= 11 is 0. The van der Waals surface area contributed by atoms with Gasteiger partial charge in [0.05, 0.1) is 0 Å². The van der Waals surface area contributed by atoms with Crippen LogP contribution in [0.2, 0.25) is 0 Å². The maximum Gasteiger partial charge on any atom is 0.147 e. The second kappa shape index (κ2) is 7.23. The standard InChI is InChI=1S/C11H25NO2S/c1-5-10(2)9-11(12-3)7-6-8-15(4,13)14/h10-12H,5-9H2,1-4H3. The Labute approximate surface area is 94.6 Å². The van der Waals surface area contributed by atoms with Crippen LogP contribution in [0.15, 0.2) is 0 Å². The monoisotopic (exact) mass is 235 g/mol. The Morgan fingerprint density at radius 2 is 1.93 bits per heavy atom. The molecular weight excluding hydrogens is 210 g/mol. The largest absolute Gasteiger partial charge is 0.317 e. The van der Waals surface area contributed by atoms with Crippen LogP contribution in [0.4, 0.5) is 0 Å². The summed E-state index contributed by atoms with van der Waals surface area (Å²) in [5, 5.41) is 3.26. The summed E-state index contributed by atoms with van der Waals surface area (Å²) < 4.78 is 21.9. The van der Waals surface area contributed by atoms with Crippen LogP contribution in [0.1, 0.15) is 39.5 Å². The predicted octanol–water partition coefficient (Wildman–Crippen LogP) is 1.84. The number of hydrogen-bond acceptors (Lipinski definition) is 3. The van der Waals surface area contributed by atoms with Crippen LogP contribution in [0.3, 0.4) is 0 Å². The lowest BCUT2D eigenvalue weighted by molar-refractivity contribution is 0.393. The molecule has 3 nitrogen and oxygen atoms in total. The lowest BCUT2D eigenvalue weighted by Gasteiger charge is -2.19. The lowest BCUT2D eigenvalue weighted by Crippen LogP contribution is -2.27. The van der Waals surface area contributed by atoms with Crippen LogP contribution >= 0.6 is 0 Å². The molecule has 0 saturated heterocycles. The molecule has 2 atom stereocenters. The summed E-state index contributed by atoms with van der Waals surface area (Å²) in [4.78, 5) is 0. The summed E-state index contributed by atoms with van der Waals surface area (Å²) in [7, 11) is -0.838. The van der Waals surface area contributed by atoms with Crippen molar-refractivity contribution < 1.29 is 8.42 Å². The number of rotatable bonds is 8. The van der Waals surface area contributed by atoms with Crippen molar-refractivity contribution in [3.05, 3.63) is 0 Å². The van der Waals surface area contributed by atoms with Gasteiger partial charge in [0.25, 0.3) is 0 Å². The van der Waals surface area contributed by atoms with Gasteiger partial charge >= 0.3 is 0 Å². The van der Waals surface area contributed by atoms with Crippen molar-refractivity contribution in [3.63, 3.8) is 0 Å². The Morgan fingerprint density at radius 3 is 2.33 bits per heavy atom. The molecule has 0 fully saturated rings. The smallest absolute Gasteiger partial charge is 0.147 e. The Balaban J connectivity index is 3.80. The van der Waals surface area contributed by atoms with E-state index in [-0.39, 0.29) is 0 Å². The summed E-state index contributed by atoms with van der Waals surface area (Å²) in [6, 6.07) is 0.460. The average molecular weight is 235 g/mol. The van der Waals surface area contributed by atoms with Gasteiger partial charge in [0.15, 0.2) is 0 Å². The van der Waals surface area contributed by atoms with Gasteiger partial charge in [-0.1, -0.05) is 20.3 Å². The highest BCUT2D eigenvalue weighted by Gasteiger charge is 2.11. The highest BCUT2D eigenvalue weighted by atomic mass is 32.2. The van der Waals surface area contributed by atoms with Crippen molar-refractivity contribution >= 4 is 9.84 Å². The van der Waals surface area contributed by atoms with E-state index in [1.54, 1.807) is 0 Å². The molecule has 0 bridgehead atoms. The molecule has 0 aliphatic rings.